The molecule has 1 saturated heterocycles. The first-order valence-electron chi connectivity index (χ1n) is 12.2. The molecule has 2 aliphatic carbocycles. The summed E-state index contributed by atoms with van der Waals surface area (Å²) in [6, 6.07) is 16.3. The second-order valence-electron chi connectivity index (χ2n) is 9.57. The molecule has 3 atom stereocenters. The predicted molar refractivity (Wildman–Crippen MR) is 128 cm³/mol. The Hall–Kier alpha value is -3.39. The number of hydrogen-bond acceptors (Lipinski definition) is 5. The van der Waals surface area contributed by atoms with Gasteiger partial charge >= 0.3 is 12.1 Å². The minimum Gasteiger partial charge on any atom is -0.481 e. The zero-order chi connectivity index (χ0) is 24.4. The van der Waals surface area contributed by atoms with Crippen molar-refractivity contribution in [1.82, 2.24) is 10.2 Å². The van der Waals surface area contributed by atoms with E-state index in [4.69, 9.17) is 9.47 Å². The fraction of sp³-hybridized carbons (Fsp3) is 0.444. The Morgan fingerprint density at radius 1 is 1.00 bits per heavy atom. The lowest BCUT2D eigenvalue weighted by Gasteiger charge is -2.25. The summed E-state index contributed by atoms with van der Waals surface area (Å²) in [4.78, 5) is 38.6. The van der Waals surface area contributed by atoms with Gasteiger partial charge in [-0.15, -0.1) is 0 Å². The van der Waals surface area contributed by atoms with Crippen LogP contribution in [-0.2, 0) is 19.1 Å². The van der Waals surface area contributed by atoms with Crippen LogP contribution in [0.2, 0.25) is 0 Å². The number of ether oxygens (including phenoxy) is 2. The molecule has 1 aliphatic heterocycles. The predicted octanol–water partition coefficient (Wildman–Crippen LogP) is 3.25. The van der Waals surface area contributed by atoms with Crippen LogP contribution in [0.1, 0.15) is 36.3 Å². The van der Waals surface area contributed by atoms with Gasteiger partial charge in [0.25, 0.3) is 0 Å². The van der Waals surface area contributed by atoms with Crippen molar-refractivity contribution in [2.24, 2.45) is 11.8 Å². The Labute approximate surface area is 204 Å². The monoisotopic (exact) mass is 478 g/mol. The Morgan fingerprint density at radius 2 is 1.69 bits per heavy atom. The van der Waals surface area contributed by atoms with E-state index in [-0.39, 0.29) is 43.5 Å². The number of nitrogens with zero attached hydrogens (tertiary/aromatic N) is 1. The van der Waals surface area contributed by atoms with Crippen molar-refractivity contribution in [1.29, 1.82) is 0 Å². The Kier molecular flexibility index (Phi) is 6.72. The van der Waals surface area contributed by atoms with Gasteiger partial charge < -0.3 is 24.8 Å². The average molecular weight is 479 g/mol. The highest BCUT2D eigenvalue weighted by Crippen LogP contribution is 2.44. The average Bonchev–Trinajstić information content (AvgIpc) is 3.35. The highest BCUT2D eigenvalue weighted by Gasteiger charge is 2.36. The molecule has 1 heterocycles. The van der Waals surface area contributed by atoms with Crippen molar-refractivity contribution in [3.05, 3.63) is 59.7 Å². The molecule has 5 rings (SSSR count). The van der Waals surface area contributed by atoms with Crippen LogP contribution < -0.4 is 5.32 Å². The maximum atomic E-state index is 13.0. The van der Waals surface area contributed by atoms with Gasteiger partial charge in [-0.05, 0) is 41.5 Å². The van der Waals surface area contributed by atoms with Gasteiger partial charge in [0.1, 0.15) is 6.61 Å². The molecule has 1 saturated carbocycles. The van der Waals surface area contributed by atoms with Crippen LogP contribution in [0.15, 0.2) is 48.5 Å². The van der Waals surface area contributed by atoms with Gasteiger partial charge in [0, 0.05) is 31.0 Å². The number of nitrogens with one attached hydrogen (secondary N) is 1. The number of fused-ring (bicyclic) bond motifs is 3. The number of carbonyl (C=O) groups excluding carboxylic acids is 2. The van der Waals surface area contributed by atoms with Crippen molar-refractivity contribution in [3.63, 3.8) is 0 Å². The van der Waals surface area contributed by atoms with Crippen LogP contribution >= 0.6 is 0 Å². The summed E-state index contributed by atoms with van der Waals surface area (Å²) in [6.07, 6.45) is 1.40. The van der Waals surface area contributed by atoms with Gasteiger partial charge in [-0.25, -0.2) is 4.79 Å². The van der Waals surface area contributed by atoms with Gasteiger partial charge in [-0.3, -0.25) is 9.59 Å². The normalized spacial score (nSPS) is 23.8. The molecule has 2 aromatic rings. The molecular weight excluding hydrogens is 448 g/mol. The maximum absolute atomic E-state index is 13.0. The lowest BCUT2D eigenvalue weighted by molar-refractivity contribution is -0.144. The topological polar surface area (TPSA) is 105 Å². The molecule has 2 fully saturated rings. The van der Waals surface area contributed by atoms with E-state index in [9.17, 15) is 19.5 Å². The molecule has 35 heavy (non-hydrogen) atoms. The summed E-state index contributed by atoms with van der Waals surface area (Å²) >= 11 is 0. The summed E-state index contributed by atoms with van der Waals surface area (Å²) in [5.74, 6) is -1.96. The number of aliphatic carboxylic acids is 1. The van der Waals surface area contributed by atoms with Gasteiger partial charge in [-0.1, -0.05) is 48.5 Å². The van der Waals surface area contributed by atoms with Crippen molar-refractivity contribution in [2.45, 2.75) is 31.2 Å². The second kappa shape index (κ2) is 10.1. The summed E-state index contributed by atoms with van der Waals surface area (Å²) < 4.78 is 11.0. The number of rotatable bonds is 5. The number of amides is 2. The summed E-state index contributed by atoms with van der Waals surface area (Å²) in [6.45, 7) is 1.26. The molecule has 8 heteroatoms. The third-order valence-electron chi connectivity index (χ3n) is 7.37. The van der Waals surface area contributed by atoms with Gasteiger partial charge in [0.15, 0.2) is 0 Å². The first kappa shape index (κ1) is 23.4. The molecule has 2 amide bonds. The van der Waals surface area contributed by atoms with Crippen LogP contribution in [0.25, 0.3) is 11.1 Å². The number of benzene rings is 2. The van der Waals surface area contributed by atoms with E-state index in [2.05, 4.69) is 29.6 Å². The maximum Gasteiger partial charge on any atom is 0.407 e. The summed E-state index contributed by atoms with van der Waals surface area (Å²) in [7, 11) is 0. The molecule has 3 unspecified atom stereocenters. The smallest absolute Gasteiger partial charge is 0.407 e. The second-order valence-corrected chi connectivity index (χ2v) is 9.57. The SMILES string of the molecule is O=C(NC1CCC(C(=O)N2CCOCC(C(=O)O)C2)C1)OCC1c2ccccc2-c2ccccc21. The van der Waals surface area contributed by atoms with E-state index in [1.807, 2.05) is 24.3 Å². The minimum absolute atomic E-state index is 0.00140. The van der Waals surface area contributed by atoms with Gasteiger partial charge in [0.2, 0.25) is 5.91 Å². The first-order valence-corrected chi connectivity index (χ1v) is 12.2. The largest absolute Gasteiger partial charge is 0.481 e. The van der Waals surface area contributed by atoms with E-state index < -0.39 is 18.0 Å². The fourth-order valence-electron chi connectivity index (χ4n) is 5.56. The highest BCUT2D eigenvalue weighted by molar-refractivity contribution is 5.81. The van der Waals surface area contributed by atoms with Crippen LogP contribution in [0.5, 0.6) is 0 Å². The van der Waals surface area contributed by atoms with Crippen molar-refractivity contribution in [3.8, 4) is 11.1 Å². The molecule has 8 nitrogen and oxygen atoms in total. The van der Waals surface area contributed by atoms with E-state index >= 15 is 0 Å². The fourth-order valence-corrected chi connectivity index (χ4v) is 5.56. The lowest BCUT2D eigenvalue weighted by Crippen LogP contribution is -2.41. The standard InChI is InChI=1S/C27H30N2O6/c30-25(29-11-12-34-15-18(14-29)26(31)32)17-9-10-19(13-17)28-27(33)35-16-24-22-7-3-1-5-20(22)21-6-2-4-8-23(21)24/h1-8,17-19,24H,9-16H2,(H,28,33)(H,31,32). The van der Waals surface area contributed by atoms with Gasteiger partial charge in [0.05, 0.1) is 19.1 Å². The zero-order valence-corrected chi connectivity index (χ0v) is 19.5. The Morgan fingerprint density at radius 3 is 2.37 bits per heavy atom. The van der Waals surface area contributed by atoms with E-state index in [1.165, 1.54) is 11.1 Å². The number of alkyl carbamates (subject to hydrolysis) is 1. The van der Waals surface area contributed by atoms with E-state index in [1.54, 1.807) is 4.90 Å². The lowest BCUT2D eigenvalue weighted by atomic mass is 9.98. The van der Waals surface area contributed by atoms with Crippen LogP contribution in [0.3, 0.4) is 0 Å². The molecule has 3 aliphatic rings. The summed E-state index contributed by atoms with van der Waals surface area (Å²) in [5.41, 5.74) is 4.68. The number of carboxylic acid groups (broad SMARTS) is 1. The molecule has 2 aromatic carbocycles. The molecule has 0 spiro atoms. The molecule has 0 aromatic heterocycles. The molecule has 0 radical (unpaired) electrons. The number of carboxylic acids is 1. The van der Waals surface area contributed by atoms with Crippen LogP contribution in [0, 0.1) is 11.8 Å². The minimum atomic E-state index is -0.953. The van der Waals surface area contributed by atoms with Crippen molar-refractivity contribution >= 4 is 18.0 Å². The van der Waals surface area contributed by atoms with Crippen molar-refractivity contribution in [2.75, 3.05) is 32.9 Å². The van der Waals surface area contributed by atoms with Crippen molar-refractivity contribution < 1.29 is 29.0 Å². The third kappa shape index (κ3) is 4.89. The number of carbonyl (C=O) groups is 3. The van der Waals surface area contributed by atoms with E-state index in [0.29, 0.717) is 32.4 Å². The molecule has 0 bridgehead atoms. The van der Waals surface area contributed by atoms with Crippen LogP contribution in [0.4, 0.5) is 4.79 Å². The Bertz CT molecular complexity index is 1070. The Balaban J connectivity index is 1.14. The highest BCUT2D eigenvalue weighted by atomic mass is 16.5. The number of hydrogen-bond donors (Lipinski definition) is 2. The summed E-state index contributed by atoms with van der Waals surface area (Å²) in [5, 5.41) is 12.3. The van der Waals surface area contributed by atoms with Crippen LogP contribution in [-0.4, -0.2) is 66.9 Å². The van der Waals surface area contributed by atoms with Gasteiger partial charge in [-0.2, -0.15) is 0 Å². The first-order chi connectivity index (χ1) is 17.0. The quantitative estimate of drug-likeness (QED) is 0.684. The molecule has 184 valence electrons. The van der Waals surface area contributed by atoms with E-state index in [0.717, 1.165) is 11.1 Å². The molecular formula is C27H30N2O6. The molecule has 2 N–H and O–H groups in total. The third-order valence-corrected chi connectivity index (χ3v) is 7.37. The zero-order valence-electron chi connectivity index (χ0n) is 19.5.